The summed E-state index contributed by atoms with van der Waals surface area (Å²) >= 11 is 7.12. The zero-order valence-electron chi connectivity index (χ0n) is 11.7. The topological polar surface area (TPSA) is 58.6 Å². The van der Waals surface area contributed by atoms with E-state index in [2.05, 4.69) is 5.32 Å². The fourth-order valence-electron chi connectivity index (χ4n) is 2.29. The molecule has 1 aromatic carbocycles. The number of hydrogen-bond acceptors (Lipinski definition) is 4. The van der Waals surface area contributed by atoms with Crippen LogP contribution in [-0.2, 0) is 4.79 Å². The first kappa shape index (κ1) is 14.9. The number of amides is 2. The summed E-state index contributed by atoms with van der Waals surface area (Å²) in [7, 11) is 1.54. The fraction of sp³-hybridized carbons (Fsp3) is 0.200. The van der Waals surface area contributed by atoms with E-state index in [0.717, 1.165) is 0 Å². The number of likely N-dealkylation sites (N-methyl/N-ethyl adjacent to an activating group) is 1. The molecule has 1 aliphatic heterocycles. The van der Waals surface area contributed by atoms with Gasteiger partial charge in [0.2, 0.25) is 0 Å². The first-order valence-corrected chi connectivity index (χ1v) is 7.84. The van der Waals surface area contributed by atoms with Crippen LogP contribution in [0.15, 0.2) is 36.4 Å². The molecule has 5 nitrogen and oxygen atoms in total. The number of nitrogens with zero attached hydrogens (tertiary/aromatic N) is 1. The Bertz CT molecular complexity index is 731. The van der Waals surface area contributed by atoms with Crippen molar-refractivity contribution in [3.05, 3.63) is 45.6 Å². The van der Waals surface area contributed by atoms with Crippen molar-refractivity contribution in [2.24, 2.45) is 0 Å². The second-order valence-corrected chi connectivity index (χ2v) is 6.42. The minimum Gasteiger partial charge on any atom is -0.477 e. The smallest absolute Gasteiger partial charge is 0.268 e. The summed E-state index contributed by atoms with van der Waals surface area (Å²) < 4.78 is 6.23. The molecule has 0 radical (unpaired) electrons. The summed E-state index contributed by atoms with van der Waals surface area (Å²) in [4.78, 5) is 26.7. The number of anilines is 1. The van der Waals surface area contributed by atoms with E-state index < -0.39 is 6.10 Å². The second kappa shape index (κ2) is 5.98. The van der Waals surface area contributed by atoms with Crippen molar-refractivity contribution in [3.8, 4) is 5.75 Å². The lowest BCUT2D eigenvalue weighted by Crippen LogP contribution is -2.50. The van der Waals surface area contributed by atoms with Crippen LogP contribution in [0.2, 0.25) is 4.34 Å². The SMILES string of the molecule is CNC(=O)[C@@H]1CN(C(=O)c2ccc(Cl)s2)c2ccccc2O1. The van der Waals surface area contributed by atoms with E-state index in [1.54, 1.807) is 35.2 Å². The summed E-state index contributed by atoms with van der Waals surface area (Å²) in [6, 6.07) is 10.5. The zero-order chi connectivity index (χ0) is 15.7. The average molecular weight is 337 g/mol. The van der Waals surface area contributed by atoms with Crippen LogP contribution in [0.3, 0.4) is 0 Å². The molecule has 1 atom stereocenters. The Hall–Kier alpha value is -2.05. The molecule has 0 fully saturated rings. The van der Waals surface area contributed by atoms with Crippen molar-refractivity contribution in [2.45, 2.75) is 6.10 Å². The maximum atomic E-state index is 12.7. The van der Waals surface area contributed by atoms with Crippen molar-refractivity contribution < 1.29 is 14.3 Å². The van der Waals surface area contributed by atoms with E-state index in [9.17, 15) is 9.59 Å². The molecule has 0 bridgehead atoms. The number of rotatable bonds is 2. The van der Waals surface area contributed by atoms with E-state index in [1.165, 1.54) is 18.4 Å². The van der Waals surface area contributed by atoms with Gasteiger partial charge in [-0.3, -0.25) is 14.5 Å². The summed E-state index contributed by atoms with van der Waals surface area (Å²) in [5.41, 5.74) is 0.650. The van der Waals surface area contributed by atoms with Crippen LogP contribution in [0.1, 0.15) is 9.67 Å². The zero-order valence-corrected chi connectivity index (χ0v) is 13.3. The number of benzene rings is 1. The lowest BCUT2D eigenvalue weighted by atomic mass is 10.1. The van der Waals surface area contributed by atoms with Gasteiger partial charge in [-0.2, -0.15) is 0 Å². The molecular formula is C15H13ClN2O3S. The van der Waals surface area contributed by atoms with Crippen LogP contribution >= 0.6 is 22.9 Å². The minimum atomic E-state index is -0.737. The van der Waals surface area contributed by atoms with E-state index in [1.807, 2.05) is 6.07 Å². The third kappa shape index (κ3) is 2.67. The molecule has 1 aromatic heterocycles. The van der Waals surface area contributed by atoms with Crippen molar-refractivity contribution in [1.82, 2.24) is 5.32 Å². The number of carbonyl (C=O) groups is 2. The van der Waals surface area contributed by atoms with Crippen molar-refractivity contribution in [2.75, 3.05) is 18.5 Å². The lowest BCUT2D eigenvalue weighted by molar-refractivity contribution is -0.127. The van der Waals surface area contributed by atoms with Crippen LogP contribution in [0.4, 0.5) is 5.69 Å². The molecule has 22 heavy (non-hydrogen) atoms. The average Bonchev–Trinajstić information content (AvgIpc) is 2.98. The largest absolute Gasteiger partial charge is 0.477 e. The molecule has 114 valence electrons. The maximum Gasteiger partial charge on any atom is 0.268 e. The standard InChI is InChI=1S/C15H13ClN2O3S/c1-17-14(19)11-8-18(9-4-2-3-5-10(9)21-11)15(20)12-6-7-13(16)22-12/h2-7,11H,8H2,1H3,(H,17,19)/t11-/m0/s1. The van der Waals surface area contributed by atoms with Gasteiger partial charge in [-0.1, -0.05) is 23.7 Å². The van der Waals surface area contributed by atoms with Gasteiger partial charge in [-0.25, -0.2) is 0 Å². The van der Waals surface area contributed by atoms with Crippen LogP contribution in [0, 0.1) is 0 Å². The van der Waals surface area contributed by atoms with Gasteiger partial charge in [0, 0.05) is 7.05 Å². The van der Waals surface area contributed by atoms with E-state index in [0.29, 0.717) is 20.7 Å². The predicted octanol–water partition coefficient (Wildman–Crippen LogP) is 2.56. The number of para-hydroxylation sites is 2. The maximum absolute atomic E-state index is 12.7. The second-order valence-electron chi connectivity index (χ2n) is 4.71. The van der Waals surface area contributed by atoms with Gasteiger partial charge < -0.3 is 10.1 Å². The van der Waals surface area contributed by atoms with E-state index >= 15 is 0 Å². The van der Waals surface area contributed by atoms with Crippen molar-refractivity contribution in [1.29, 1.82) is 0 Å². The Labute approximate surface area is 136 Å². The molecular weight excluding hydrogens is 324 g/mol. The lowest BCUT2D eigenvalue weighted by Gasteiger charge is -2.33. The Kier molecular flexibility index (Phi) is 4.04. The first-order chi connectivity index (χ1) is 10.6. The molecule has 0 saturated heterocycles. The number of ether oxygens (including phenoxy) is 1. The molecule has 1 N–H and O–H groups in total. The molecule has 7 heteroatoms. The van der Waals surface area contributed by atoms with Crippen molar-refractivity contribution in [3.63, 3.8) is 0 Å². The number of hydrogen-bond donors (Lipinski definition) is 1. The predicted molar refractivity (Wildman–Crippen MR) is 85.9 cm³/mol. The number of carbonyl (C=O) groups excluding carboxylic acids is 2. The van der Waals surface area contributed by atoms with Crippen LogP contribution in [-0.4, -0.2) is 31.5 Å². The molecule has 3 rings (SSSR count). The number of fused-ring (bicyclic) bond motifs is 1. The molecule has 0 spiro atoms. The minimum absolute atomic E-state index is 0.158. The highest BCUT2D eigenvalue weighted by Gasteiger charge is 2.34. The first-order valence-electron chi connectivity index (χ1n) is 6.64. The summed E-state index contributed by atoms with van der Waals surface area (Å²) in [5, 5.41) is 2.55. The highest BCUT2D eigenvalue weighted by Crippen LogP contribution is 2.35. The van der Waals surface area contributed by atoms with Crippen LogP contribution in [0.25, 0.3) is 0 Å². The monoisotopic (exact) mass is 336 g/mol. The Morgan fingerprint density at radius 3 is 2.77 bits per heavy atom. The fourth-order valence-corrected chi connectivity index (χ4v) is 3.28. The van der Waals surface area contributed by atoms with Gasteiger partial charge in [0.25, 0.3) is 11.8 Å². The number of thiophene rings is 1. The van der Waals surface area contributed by atoms with Gasteiger partial charge in [0.15, 0.2) is 6.10 Å². The summed E-state index contributed by atoms with van der Waals surface area (Å²) in [6.45, 7) is 0.158. The van der Waals surface area contributed by atoms with Gasteiger partial charge in [0.1, 0.15) is 5.75 Å². The highest BCUT2D eigenvalue weighted by molar-refractivity contribution is 7.18. The molecule has 2 heterocycles. The molecule has 0 aliphatic carbocycles. The Balaban J connectivity index is 1.98. The molecule has 2 aromatic rings. The van der Waals surface area contributed by atoms with E-state index in [4.69, 9.17) is 16.3 Å². The van der Waals surface area contributed by atoms with Gasteiger partial charge in [0.05, 0.1) is 21.4 Å². The van der Waals surface area contributed by atoms with Crippen LogP contribution in [0.5, 0.6) is 5.75 Å². The molecule has 2 amide bonds. The highest BCUT2D eigenvalue weighted by atomic mass is 35.5. The Morgan fingerprint density at radius 1 is 1.32 bits per heavy atom. The van der Waals surface area contributed by atoms with Gasteiger partial charge >= 0.3 is 0 Å². The quantitative estimate of drug-likeness (QED) is 0.917. The number of nitrogens with one attached hydrogen (secondary N) is 1. The molecule has 0 unspecified atom stereocenters. The molecule has 1 aliphatic rings. The summed E-state index contributed by atoms with van der Waals surface area (Å²) in [5.74, 6) is 0.0522. The van der Waals surface area contributed by atoms with Crippen molar-refractivity contribution >= 4 is 40.4 Å². The van der Waals surface area contributed by atoms with E-state index in [-0.39, 0.29) is 18.4 Å². The normalized spacial score (nSPS) is 16.6. The third-order valence-corrected chi connectivity index (χ3v) is 4.56. The number of halogens is 1. The Morgan fingerprint density at radius 2 is 2.09 bits per heavy atom. The van der Waals surface area contributed by atoms with Gasteiger partial charge in [-0.05, 0) is 24.3 Å². The third-order valence-electron chi connectivity index (χ3n) is 3.34. The van der Waals surface area contributed by atoms with Gasteiger partial charge in [-0.15, -0.1) is 11.3 Å². The van der Waals surface area contributed by atoms with Crippen LogP contribution < -0.4 is 15.0 Å². The molecule has 0 saturated carbocycles. The summed E-state index contributed by atoms with van der Waals surface area (Å²) in [6.07, 6.45) is -0.737.